The van der Waals surface area contributed by atoms with Gasteiger partial charge in [0, 0.05) is 18.7 Å². The van der Waals surface area contributed by atoms with E-state index in [1.807, 2.05) is 25.2 Å². The molecule has 0 aliphatic rings. The third-order valence-corrected chi connectivity index (χ3v) is 3.13. The van der Waals surface area contributed by atoms with E-state index < -0.39 is 0 Å². The van der Waals surface area contributed by atoms with E-state index in [1.54, 1.807) is 6.07 Å². The van der Waals surface area contributed by atoms with Crippen LogP contribution in [0.15, 0.2) is 48.5 Å². The molecule has 2 aromatic rings. The second-order valence-corrected chi connectivity index (χ2v) is 4.97. The molecule has 0 bridgehead atoms. The molecule has 108 valence electrons. The van der Waals surface area contributed by atoms with E-state index in [0.29, 0.717) is 12.1 Å². The Balaban J connectivity index is 2.11. The van der Waals surface area contributed by atoms with Crippen LogP contribution in [0.2, 0.25) is 0 Å². The molecule has 0 aliphatic heterocycles. The number of rotatable bonds is 4. The molecule has 0 unspecified atom stereocenters. The van der Waals surface area contributed by atoms with Gasteiger partial charge in [-0.25, -0.2) is 4.39 Å². The van der Waals surface area contributed by atoms with Gasteiger partial charge in [0.05, 0.1) is 6.54 Å². The van der Waals surface area contributed by atoms with Gasteiger partial charge in [-0.05, 0) is 30.3 Å². The maximum absolute atomic E-state index is 13.3. The van der Waals surface area contributed by atoms with E-state index in [0.717, 1.165) is 12.1 Å². The summed E-state index contributed by atoms with van der Waals surface area (Å²) in [7, 11) is 2.04. The molecule has 0 saturated heterocycles. The summed E-state index contributed by atoms with van der Waals surface area (Å²) in [5, 5.41) is 0. The summed E-state index contributed by atoms with van der Waals surface area (Å²) in [5.74, 6) is 5.46. The number of nitrogens with zero attached hydrogens (tertiary/aromatic N) is 1. The molecular formula is C18H19FN2. The Morgan fingerprint density at radius 2 is 1.86 bits per heavy atom. The second kappa shape index (κ2) is 7.58. The number of hydrogen-bond acceptors (Lipinski definition) is 2. The Kier molecular flexibility index (Phi) is 5.51. The van der Waals surface area contributed by atoms with Crippen molar-refractivity contribution in [1.29, 1.82) is 0 Å². The number of hydrogen-bond donors (Lipinski definition) is 1. The van der Waals surface area contributed by atoms with Gasteiger partial charge in [0.15, 0.2) is 0 Å². The largest absolute Gasteiger partial charge is 0.320 e. The van der Waals surface area contributed by atoms with E-state index in [4.69, 9.17) is 5.73 Å². The van der Waals surface area contributed by atoms with Crippen molar-refractivity contribution in [2.75, 3.05) is 13.6 Å². The van der Waals surface area contributed by atoms with Crippen molar-refractivity contribution >= 4 is 0 Å². The van der Waals surface area contributed by atoms with Crippen molar-refractivity contribution < 1.29 is 4.39 Å². The molecule has 0 spiro atoms. The SMILES string of the molecule is CN(Cc1ccccc1)Cc1ccc(F)cc1C#CCN. The lowest BCUT2D eigenvalue weighted by molar-refractivity contribution is 0.318. The average molecular weight is 282 g/mol. The molecule has 2 nitrogen and oxygen atoms in total. The topological polar surface area (TPSA) is 29.3 Å². The first-order valence-corrected chi connectivity index (χ1v) is 6.89. The zero-order valence-corrected chi connectivity index (χ0v) is 12.1. The Labute approximate surface area is 125 Å². The van der Waals surface area contributed by atoms with Crippen LogP contribution < -0.4 is 5.73 Å². The van der Waals surface area contributed by atoms with Gasteiger partial charge in [0.25, 0.3) is 0 Å². The number of halogens is 1. The van der Waals surface area contributed by atoms with Crippen LogP contribution in [0.3, 0.4) is 0 Å². The van der Waals surface area contributed by atoms with Crippen molar-refractivity contribution in [3.8, 4) is 11.8 Å². The lowest BCUT2D eigenvalue weighted by atomic mass is 10.1. The summed E-state index contributed by atoms with van der Waals surface area (Å²) >= 11 is 0. The van der Waals surface area contributed by atoms with Crippen molar-refractivity contribution in [3.05, 3.63) is 71.0 Å². The summed E-state index contributed by atoms with van der Waals surface area (Å²) in [6.07, 6.45) is 0. The normalized spacial score (nSPS) is 10.3. The summed E-state index contributed by atoms with van der Waals surface area (Å²) < 4.78 is 13.3. The first-order valence-electron chi connectivity index (χ1n) is 6.89. The van der Waals surface area contributed by atoms with E-state index >= 15 is 0 Å². The van der Waals surface area contributed by atoms with Crippen molar-refractivity contribution in [1.82, 2.24) is 4.90 Å². The Morgan fingerprint density at radius 1 is 1.10 bits per heavy atom. The molecule has 0 radical (unpaired) electrons. The van der Waals surface area contributed by atoms with Gasteiger partial charge in [0.1, 0.15) is 5.82 Å². The van der Waals surface area contributed by atoms with Crippen LogP contribution in [0.25, 0.3) is 0 Å². The van der Waals surface area contributed by atoms with Crippen LogP contribution >= 0.6 is 0 Å². The minimum atomic E-state index is -0.272. The van der Waals surface area contributed by atoms with Crippen LogP contribution in [-0.4, -0.2) is 18.5 Å². The molecule has 2 aromatic carbocycles. The van der Waals surface area contributed by atoms with Crippen molar-refractivity contribution in [2.24, 2.45) is 5.73 Å². The molecule has 0 saturated carbocycles. The highest BCUT2D eigenvalue weighted by Gasteiger charge is 2.06. The Bertz CT molecular complexity index is 641. The highest BCUT2D eigenvalue weighted by Crippen LogP contribution is 2.14. The minimum absolute atomic E-state index is 0.272. The molecule has 3 heteroatoms. The maximum atomic E-state index is 13.3. The molecule has 0 aromatic heterocycles. The van der Waals surface area contributed by atoms with E-state index in [1.165, 1.54) is 17.7 Å². The lowest BCUT2D eigenvalue weighted by Crippen LogP contribution is -2.18. The zero-order valence-electron chi connectivity index (χ0n) is 12.1. The van der Waals surface area contributed by atoms with Gasteiger partial charge in [-0.15, -0.1) is 0 Å². The molecule has 2 N–H and O–H groups in total. The fourth-order valence-corrected chi connectivity index (χ4v) is 2.19. The fourth-order valence-electron chi connectivity index (χ4n) is 2.19. The van der Waals surface area contributed by atoms with Crippen LogP contribution in [0, 0.1) is 17.7 Å². The molecule has 0 atom stereocenters. The highest BCUT2D eigenvalue weighted by molar-refractivity contribution is 5.42. The molecule has 2 rings (SSSR count). The molecule has 0 amide bonds. The van der Waals surface area contributed by atoms with Crippen molar-refractivity contribution in [3.63, 3.8) is 0 Å². The van der Waals surface area contributed by atoms with Gasteiger partial charge < -0.3 is 5.73 Å². The monoisotopic (exact) mass is 282 g/mol. The Morgan fingerprint density at radius 3 is 2.57 bits per heavy atom. The van der Waals surface area contributed by atoms with Gasteiger partial charge in [-0.1, -0.05) is 48.2 Å². The van der Waals surface area contributed by atoms with Gasteiger partial charge in [-0.3, -0.25) is 4.90 Å². The molecule has 0 heterocycles. The first-order chi connectivity index (χ1) is 10.2. The van der Waals surface area contributed by atoms with E-state index in [2.05, 4.69) is 28.9 Å². The zero-order chi connectivity index (χ0) is 15.1. The average Bonchev–Trinajstić information content (AvgIpc) is 2.48. The summed E-state index contributed by atoms with van der Waals surface area (Å²) in [6.45, 7) is 1.82. The minimum Gasteiger partial charge on any atom is -0.320 e. The summed E-state index contributed by atoms with van der Waals surface area (Å²) in [4.78, 5) is 2.18. The van der Waals surface area contributed by atoms with Crippen LogP contribution in [0.4, 0.5) is 4.39 Å². The number of nitrogens with two attached hydrogens (primary N) is 1. The third kappa shape index (κ3) is 4.71. The van der Waals surface area contributed by atoms with Gasteiger partial charge in [0.2, 0.25) is 0 Å². The predicted octanol–water partition coefficient (Wildman–Crippen LogP) is 2.77. The standard InChI is InChI=1S/C18H19FN2/c1-21(13-15-6-3-2-4-7-15)14-17-9-10-18(19)12-16(17)8-5-11-20/h2-4,6-7,9-10,12H,11,13-14,20H2,1H3. The molecule has 0 aliphatic carbocycles. The summed E-state index contributed by atoms with van der Waals surface area (Å²) in [6, 6.07) is 15.0. The highest BCUT2D eigenvalue weighted by atomic mass is 19.1. The first kappa shape index (κ1) is 15.2. The van der Waals surface area contributed by atoms with Crippen LogP contribution in [0.5, 0.6) is 0 Å². The van der Waals surface area contributed by atoms with E-state index in [-0.39, 0.29) is 12.4 Å². The molecule has 21 heavy (non-hydrogen) atoms. The second-order valence-electron chi connectivity index (χ2n) is 4.97. The quantitative estimate of drug-likeness (QED) is 0.874. The van der Waals surface area contributed by atoms with Crippen LogP contribution in [-0.2, 0) is 13.1 Å². The molecule has 0 fully saturated rings. The smallest absolute Gasteiger partial charge is 0.124 e. The molecular weight excluding hydrogens is 263 g/mol. The third-order valence-electron chi connectivity index (χ3n) is 3.13. The maximum Gasteiger partial charge on any atom is 0.124 e. The van der Waals surface area contributed by atoms with Crippen LogP contribution in [0.1, 0.15) is 16.7 Å². The van der Waals surface area contributed by atoms with Gasteiger partial charge in [-0.2, -0.15) is 0 Å². The number of benzene rings is 2. The predicted molar refractivity (Wildman–Crippen MR) is 83.9 cm³/mol. The lowest BCUT2D eigenvalue weighted by Gasteiger charge is -2.18. The van der Waals surface area contributed by atoms with E-state index in [9.17, 15) is 4.39 Å². The fraction of sp³-hybridized carbons (Fsp3) is 0.222. The Hall–Kier alpha value is -2.15. The van der Waals surface area contributed by atoms with Gasteiger partial charge >= 0.3 is 0 Å². The summed E-state index contributed by atoms with van der Waals surface area (Å²) in [5.41, 5.74) is 8.36. The van der Waals surface area contributed by atoms with Crippen molar-refractivity contribution in [2.45, 2.75) is 13.1 Å².